The van der Waals surface area contributed by atoms with Crippen molar-refractivity contribution < 1.29 is 10.5 Å². The summed E-state index contributed by atoms with van der Waals surface area (Å²) in [7, 11) is 0. The zero-order chi connectivity index (χ0) is 16.5. The number of hydrogen-bond donors (Lipinski definition) is 2. The fourth-order valence-electron chi connectivity index (χ4n) is 3.40. The third kappa shape index (κ3) is 2.21. The number of quaternary nitrogens is 1. The SMILES string of the molecule is [NH3+]CCN1C(=O)c2[nH]nc(-c3ccccc3)c2[C@H]1c1ccccc1. The number of nitrogens with one attached hydrogen (secondary N) is 1. The first-order chi connectivity index (χ1) is 11.8. The molecule has 4 N–H and O–H groups in total. The molecule has 4 rings (SSSR count). The molecule has 5 nitrogen and oxygen atoms in total. The molecule has 1 atom stereocenters. The second-order valence-electron chi connectivity index (χ2n) is 5.89. The van der Waals surface area contributed by atoms with Crippen molar-refractivity contribution >= 4 is 5.91 Å². The van der Waals surface area contributed by atoms with Gasteiger partial charge in [0.15, 0.2) is 0 Å². The van der Waals surface area contributed by atoms with Crippen LogP contribution in [0.4, 0.5) is 0 Å². The Kier molecular flexibility index (Phi) is 3.63. The number of fused-ring (bicyclic) bond motifs is 1. The lowest BCUT2D eigenvalue weighted by Crippen LogP contribution is -2.55. The van der Waals surface area contributed by atoms with Crippen LogP contribution in [0.1, 0.15) is 27.7 Å². The smallest absolute Gasteiger partial charge is 0.273 e. The molecule has 0 fully saturated rings. The van der Waals surface area contributed by atoms with Crippen LogP contribution >= 0.6 is 0 Å². The highest BCUT2D eigenvalue weighted by Crippen LogP contribution is 2.42. The van der Waals surface area contributed by atoms with Gasteiger partial charge in [-0.25, -0.2) is 0 Å². The van der Waals surface area contributed by atoms with Gasteiger partial charge in [-0.15, -0.1) is 0 Å². The molecule has 0 saturated carbocycles. The number of nitrogens with zero attached hydrogens (tertiary/aromatic N) is 2. The lowest BCUT2D eigenvalue weighted by molar-refractivity contribution is -0.368. The highest BCUT2D eigenvalue weighted by atomic mass is 16.2. The molecular weight excluding hydrogens is 300 g/mol. The maximum atomic E-state index is 12.8. The van der Waals surface area contributed by atoms with Gasteiger partial charge in [0.25, 0.3) is 5.91 Å². The molecule has 0 unspecified atom stereocenters. The number of rotatable bonds is 4. The number of carbonyl (C=O) groups is 1. The van der Waals surface area contributed by atoms with Crippen molar-refractivity contribution in [3.63, 3.8) is 0 Å². The first-order valence-corrected chi connectivity index (χ1v) is 8.10. The predicted octanol–water partition coefficient (Wildman–Crippen LogP) is 1.86. The summed E-state index contributed by atoms with van der Waals surface area (Å²) in [5.74, 6) is -0.00261. The van der Waals surface area contributed by atoms with Gasteiger partial charge < -0.3 is 10.6 Å². The summed E-state index contributed by atoms with van der Waals surface area (Å²) in [5.41, 5.74) is 8.43. The highest BCUT2D eigenvalue weighted by molar-refractivity contribution is 6.00. The van der Waals surface area contributed by atoms with E-state index in [9.17, 15) is 4.79 Å². The molecule has 2 heterocycles. The van der Waals surface area contributed by atoms with Crippen LogP contribution in [0.25, 0.3) is 11.3 Å². The Morgan fingerprint density at radius 1 is 1.04 bits per heavy atom. The largest absolute Gasteiger partial charge is 0.356 e. The second kappa shape index (κ2) is 5.94. The van der Waals surface area contributed by atoms with E-state index in [0.717, 1.165) is 22.4 Å². The predicted molar refractivity (Wildman–Crippen MR) is 91.1 cm³/mol. The van der Waals surface area contributed by atoms with E-state index in [-0.39, 0.29) is 11.9 Å². The molecule has 2 aromatic carbocycles. The molecule has 0 bridgehead atoms. The van der Waals surface area contributed by atoms with Crippen LogP contribution in [-0.4, -0.2) is 34.1 Å². The second-order valence-corrected chi connectivity index (χ2v) is 5.89. The third-order valence-electron chi connectivity index (χ3n) is 4.43. The first-order valence-electron chi connectivity index (χ1n) is 8.10. The molecule has 0 radical (unpaired) electrons. The maximum absolute atomic E-state index is 12.8. The number of amides is 1. The van der Waals surface area contributed by atoms with E-state index < -0.39 is 0 Å². The first kappa shape index (κ1) is 14.7. The maximum Gasteiger partial charge on any atom is 0.273 e. The molecule has 1 aliphatic rings. The van der Waals surface area contributed by atoms with Gasteiger partial charge in [-0.2, -0.15) is 5.10 Å². The van der Waals surface area contributed by atoms with Crippen LogP contribution in [0, 0.1) is 0 Å². The fraction of sp³-hybridized carbons (Fsp3) is 0.158. The molecule has 120 valence electrons. The van der Waals surface area contributed by atoms with Crippen molar-refractivity contribution in [2.45, 2.75) is 6.04 Å². The molecule has 0 spiro atoms. The number of benzene rings is 2. The van der Waals surface area contributed by atoms with Gasteiger partial charge in [0, 0.05) is 11.1 Å². The summed E-state index contributed by atoms with van der Waals surface area (Å²) in [6.07, 6.45) is 0. The van der Waals surface area contributed by atoms with Crippen molar-refractivity contribution in [3.05, 3.63) is 77.5 Å². The Hall–Kier alpha value is -2.92. The van der Waals surface area contributed by atoms with E-state index in [1.165, 1.54) is 0 Å². The molecule has 3 aromatic rings. The van der Waals surface area contributed by atoms with Crippen molar-refractivity contribution in [1.82, 2.24) is 15.1 Å². The molecular formula is C19H19N4O+. The quantitative estimate of drug-likeness (QED) is 0.770. The highest BCUT2D eigenvalue weighted by Gasteiger charge is 2.41. The van der Waals surface area contributed by atoms with Crippen molar-refractivity contribution in [2.75, 3.05) is 13.1 Å². The molecule has 1 amide bonds. The molecule has 0 aliphatic carbocycles. The van der Waals surface area contributed by atoms with Gasteiger partial charge in [-0.3, -0.25) is 9.89 Å². The Morgan fingerprint density at radius 2 is 1.71 bits per heavy atom. The summed E-state index contributed by atoms with van der Waals surface area (Å²) in [5, 5.41) is 7.40. The standard InChI is InChI=1S/C19H18N4O/c20-11-12-23-18(14-9-5-2-6-10-14)15-16(13-7-3-1-4-8-13)21-22-17(15)19(23)24/h1-10,18H,11-12,20H2,(H,21,22)/p+1/t18-/m1/s1. The Balaban J connectivity index is 1.90. The monoisotopic (exact) mass is 319 g/mol. The average molecular weight is 319 g/mol. The fourth-order valence-corrected chi connectivity index (χ4v) is 3.40. The number of carbonyl (C=O) groups excluding carboxylic acids is 1. The van der Waals surface area contributed by atoms with Gasteiger partial charge in [-0.05, 0) is 5.56 Å². The number of aromatic amines is 1. The minimum Gasteiger partial charge on any atom is -0.356 e. The number of H-pyrrole nitrogens is 1. The zero-order valence-electron chi connectivity index (χ0n) is 13.3. The number of hydrogen-bond acceptors (Lipinski definition) is 2. The lowest BCUT2D eigenvalue weighted by Gasteiger charge is -2.25. The van der Waals surface area contributed by atoms with Crippen LogP contribution in [0.15, 0.2) is 60.7 Å². The van der Waals surface area contributed by atoms with Crippen LogP contribution in [0.2, 0.25) is 0 Å². The summed E-state index contributed by atoms with van der Waals surface area (Å²) >= 11 is 0. The van der Waals surface area contributed by atoms with E-state index in [0.29, 0.717) is 18.8 Å². The summed E-state index contributed by atoms with van der Waals surface area (Å²) < 4.78 is 0. The van der Waals surface area contributed by atoms with Gasteiger partial charge in [0.1, 0.15) is 5.69 Å². The van der Waals surface area contributed by atoms with Gasteiger partial charge in [0.2, 0.25) is 0 Å². The van der Waals surface area contributed by atoms with Gasteiger partial charge >= 0.3 is 0 Å². The molecule has 0 saturated heterocycles. The third-order valence-corrected chi connectivity index (χ3v) is 4.43. The van der Waals surface area contributed by atoms with Crippen molar-refractivity contribution in [1.29, 1.82) is 0 Å². The Labute approximate surface area is 140 Å². The minimum absolute atomic E-state index is 0.00261. The summed E-state index contributed by atoms with van der Waals surface area (Å²) in [6, 6.07) is 20.0. The van der Waals surface area contributed by atoms with Crippen molar-refractivity contribution in [2.24, 2.45) is 0 Å². The normalized spacial score (nSPS) is 16.5. The molecule has 1 aromatic heterocycles. The number of aromatic nitrogens is 2. The van der Waals surface area contributed by atoms with Crippen LogP contribution in [0.5, 0.6) is 0 Å². The van der Waals surface area contributed by atoms with Crippen LogP contribution in [-0.2, 0) is 0 Å². The van der Waals surface area contributed by atoms with Gasteiger partial charge in [-0.1, -0.05) is 60.7 Å². The van der Waals surface area contributed by atoms with E-state index in [4.69, 9.17) is 0 Å². The topological polar surface area (TPSA) is 76.6 Å². The van der Waals surface area contributed by atoms with E-state index >= 15 is 0 Å². The summed E-state index contributed by atoms with van der Waals surface area (Å²) in [4.78, 5) is 14.7. The average Bonchev–Trinajstić information content (AvgIpc) is 3.17. The molecule has 1 aliphatic heterocycles. The molecule has 24 heavy (non-hydrogen) atoms. The van der Waals surface area contributed by atoms with Crippen molar-refractivity contribution in [3.8, 4) is 11.3 Å². The molecule has 5 heteroatoms. The summed E-state index contributed by atoms with van der Waals surface area (Å²) in [6.45, 7) is 1.29. The van der Waals surface area contributed by atoms with Crippen LogP contribution in [0.3, 0.4) is 0 Å². The lowest BCUT2D eigenvalue weighted by atomic mass is 9.96. The van der Waals surface area contributed by atoms with E-state index in [2.05, 4.69) is 28.1 Å². The Morgan fingerprint density at radius 3 is 2.38 bits per heavy atom. The van der Waals surface area contributed by atoms with Crippen LogP contribution < -0.4 is 5.73 Å². The minimum atomic E-state index is -0.121. The van der Waals surface area contributed by atoms with Gasteiger partial charge in [0.05, 0.1) is 24.8 Å². The Bertz CT molecular complexity index is 858. The van der Waals surface area contributed by atoms with E-state index in [1.54, 1.807) is 0 Å². The van der Waals surface area contributed by atoms with E-state index in [1.807, 2.05) is 53.4 Å². The zero-order valence-corrected chi connectivity index (χ0v) is 13.3.